The SMILES string of the molecule is CC(C)(C)[C@@H]1CCc2c(sc(NC(=O)[C@H]3CC=CC[C@H]3C(=O)O)c2C(N)=O)C1. The smallest absolute Gasteiger partial charge is 0.307 e. The molecule has 2 aliphatic carbocycles. The van der Waals surface area contributed by atoms with Gasteiger partial charge in [-0.05, 0) is 49.0 Å². The second kappa shape index (κ2) is 7.70. The predicted molar refractivity (Wildman–Crippen MR) is 109 cm³/mol. The van der Waals surface area contributed by atoms with Crippen LogP contribution in [0.15, 0.2) is 12.2 Å². The van der Waals surface area contributed by atoms with Crippen LogP contribution in [0.2, 0.25) is 0 Å². The van der Waals surface area contributed by atoms with Crippen LogP contribution in [-0.4, -0.2) is 22.9 Å². The maximum absolute atomic E-state index is 12.8. The lowest BCUT2D eigenvalue weighted by atomic mass is 9.72. The summed E-state index contributed by atoms with van der Waals surface area (Å²) in [5.74, 6) is -2.77. The molecule has 0 fully saturated rings. The predicted octanol–water partition coefficient (Wildman–Crippen LogP) is 3.60. The van der Waals surface area contributed by atoms with Crippen LogP contribution < -0.4 is 11.1 Å². The summed E-state index contributed by atoms with van der Waals surface area (Å²) in [6.45, 7) is 6.66. The molecule has 6 nitrogen and oxygen atoms in total. The first-order valence-electron chi connectivity index (χ1n) is 9.72. The summed E-state index contributed by atoms with van der Waals surface area (Å²) in [6, 6.07) is 0. The number of carboxylic acids is 1. The Morgan fingerprint density at radius 1 is 1.18 bits per heavy atom. The van der Waals surface area contributed by atoms with E-state index in [9.17, 15) is 19.5 Å². The topological polar surface area (TPSA) is 109 Å². The first kappa shape index (κ1) is 20.6. The van der Waals surface area contributed by atoms with Crippen molar-refractivity contribution in [1.29, 1.82) is 0 Å². The van der Waals surface area contributed by atoms with Crippen molar-refractivity contribution in [3.8, 4) is 0 Å². The molecule has 0 saturated carbocycles. The first-order valence-corrected chi connectivity index (χ1v) is 10.5. The van der Waals surface area contributed by atoms with Gasteiger partial charge in [-0.3, -0.25) is 14.4 Å². The number of nitrogens with two attached hydrogens (primary N) is 1. The summed E-state index contributed by atoms with van der Waals surface area (Å²) in [5, 5.41) is 12.7. The van der Waals surface area contributed by atoms with Crippen molar-refractivity contribution < 1.29 is 19.5 Å². The standard InChI is InChI=1S/C21H28N2O4S/c1-21(2,3)11-8-9-14-15(10-11)28-19(16(14)17(22)24)23-18(25)12-6-4-5-7-13(12)20(26)27/h4-5,11-13H,6-10H2,1-3H3,(H2,22,24)(H,23,25)(H,26,27)/t11-,12+,13-/m1/s1. The van der Waals surface area contributed by atoms with Gasteiger partial charge in [-0.1, -0.05) is 32.9 Å². The number of primary amides is 1. The van der Waals surface area contributed by atoms with Crippen molar-refractivity contribution in [2.75, 3.05) is 5.32 Å². The van der Waals surface area contributed by atoms with Crippen LogP contribution in [0.4, 0.5) is 5.00 Å². The fraction of sp³-hybridized carbons (Fsp3) is 0.571. The largest absolute Gasteiger partial charge is 0.481 e. The molecule has 1 aromatic heterocycles. The van der Waals surface area contributed by atoms with Crippen molar-refractivity contribution in [2.45, 2.75) is 52.9 Å². The van der Waals surface area contributed by atoms with E-state index in [0.29, 0.717) is 29.3 Å². The summed E-state index contributed by atoms with van der Waals surface area (Å²) in [6.07, 6.45) is 6.97. The number of carbonyl (C=O) groups is 3. The summed E-state index contributed by atoms with van der Waals surface area (Å²) >= 11 is 1.41. The highest BCUT2D eigenvalue weighted by Gasteiger charge is 2.37. The van der Waals surface area contributed by atoms with Crippen LogP contribution in [0, 0.1) is 23.2 Å². The highest BCUT2D eigenvalue weighted by atomic mass is 32.1. The second-order valence-electron chi connectivity index (χ2n) is 8.86. The molecule has 0 aliphatic heterocycles. The Hall–Kier alpha value is -2.15. The van der Waals surface area contributed by atoms with Gasteiger partial charge in [-0.25, -0.2) is 0 Å². The fourth-order valence-electron chi connectivity index (χ4n) is 4.26. The van der Waals surface area contributed by atoms with Gasteiger partial charge < -0.3 is 16.2 Å². The van der Waals surface area contributed by atoms with Gasteiger partial charge in [0.2, 0.25) is 5.91 Å². The van der Waals surface area contributed by atoms with Crippen LogP contribution in [-0.2, 0) is 22.4 Å². The highest BCUT2D eigenvalue weighted by Crippen LogP contribution is 2.44. The number of amides is 2. The lowest BCUT2D eigenvalue weighted by Crippen LogP contribution is -2.35. The highest BCUT2D eigenvalue weighted by molar-refractivity contribution is 7.17. The molecule has 4 N–H and O–H groups in total. The summed E-state index contributed by atoms with van der Waals surface area (Å²) in [4.78, 5) is 37.6. The molecule has 0 unspecified atom stereocenters. The molecule has 1 aromatic rings. The maximum Gasteiger partial charge on any atom is 0.307 e. The van der Waals surface area contributed by atoms with Crippen molar-refractivity contribution in [1.82, 2.24) is 0 Å². The zero-order valence-corrected chi connectivity index (χ0v) is 17.4. The number of hydrogen-bond acceptors (Lipinski definition) is 4. The number of thiophene rings is 1. The Morgan fingerprint density at radius 2 is 1.82 bits per heavy atom. The van der Waals surface area contributed by atoms with E-state index in [4.69, 9.17) is 5.73 Å². The quantitative estimate of drug-likeness (QED) is 0.666. The maximum atomic E-state index is 12.8. The Balaban J connectivity index is 1.87. The number of fused-ring (bicyclic) bond motifs is 1. The van der Waals surface area contributed by atoms with E-state index in [-0.39, 0.29) is 11.3 Å². The van der Waals surface area contributed by atoms with E-state index in [1.165, 1.54) is 11.3 Å². The van der Waals surface area contributed by atoms with Gasteiger partial charge in [-0.15, -0.1) is 11.3 Å². The molecule has 2 amide bonds. The Morgan fingerprint density at radius 3 is 2.39 bits per heavy atom. The third kappa shape index (κ3) is 3.99. The molecule has 0 radical (unpaired) electrons. The van der Waals surface area contributed by atoms with Crippen LogP contribution in [0.5, 0.6) is 0 Å². The van der Waals surface area contributed by atoms with Crippen molar-refractivity contribution in [3.63, 3.8) is 0 Å². The van der Waals surface area contributed by atoms with Crippen LogP contribution >= 0.6 is 11.3 Å². The van der Waals surface area contributed by atoms with Crippen molar-refractivity contribution in [2.24, 2.45) is 28.9 Å². The van der Waals surface area contributed by atoms with E-state index in [0.717, 1.165) is 29.7 Å². The number of carboxylic acid groups (broad SMARTS) is 1. The molecule has 3 rings (SSSR count). The average Bonchev–Trinajstić information content (AvgIpc) is 2.97. The molecule has 152 valence electrons. The minimum Gasteiger partial charge on any atom is -0.481 e. The third-order valence-corrected chi connectivity index (χ3v) is 7.23. The van der Waals surface area contributed by atoms with Gasteiger partial charge in [0.25, 0.3) is 5.91 Å². The third-order valence-electron chi connectivity index (χ3n) is 6.06. The zero-order valence-electron chi connectivity index (χ0n) is 16.6. The minimum absolute atomic E-state index is 0.168. The summed E-state index contributed by atoms with van der Waals surface area (Å²) in [5.41, 5.74) is 7.16. The monoisotopic (exact) mass is 404 g/mol. The molecule has 1 heterocycles. The van der Waals surface area contributed by atoms with Crippen molar-refractivity contribution in [3.05, 3.63) is 28.2 Å². The van der Waals surface area contributed by atoms with E-state index in [1.807, 2.05) is 6.08 Å². The lowest BCUT2D eigenvalue weighted by Gasteiger charge is -2.33. The molecular formula is C21H28N2O4S. The number of hydrogen-bond donors (Lipinski definition) is 3. The Kier molecular flexibility index (Phi) is 5.66. The molecule has 28 heavy (non-hydrogen) atoms. The Bertz CT molecular complexity index is 834. The summed E-state index contributed by atoms with van der Waals surface area (Å²) < 4.78 is 0. The number of anilines is 1. The molecule has 0 bridgehead atoms. The van der Waals surface area contributed by atoms with Gasteiger partial charge in [0.15, 0.2) is 0 Å². The molecular weight excluding hydrogens is 376 g/mol. The lowest BCUT2D eigenvalue weighted by molar-refractivity contribution is -0.146. The molecule has 7 heteroatoms. The number of aliphatic carboxylic acids is 1. The minimum atomic E-state index is -0.974. The zero-order chi connectivity index (χ0) is 20.6. The van der Waals surface area contributed by atoms with Gasteiger partial charge in [0, 0.05) is 4.88 Å². The van der Waals surface area contributed by atoms with Gasteiger partial charge in [-0.2, -0.15) is 0 Å². The normalized spacial score (nSPS) is 24.5. The van der Waals surface area contributed by atoms with Crippen molar-refractivity contribution >= 4 is 34.1 Å². The van der Waals surface area contributed by atoms with Gasteiger partial charge >= 0.3 is 5.97 Å². The van der Waals surface area contributed by atoms with E-state index < -0.39 is 23.7 Å². The average molecular weight is 405 g/mol. The van der Waals surface area contributed by atoms with E-state index >= 15 is 0 Å². The van der Waals surface area contributed by atoms with Crippen LogP contribution in [0.25, 0.3) is 0 Å². The molecule has 3 atom stereocenters. The van der Waals surface area contributed by atoms with Gasteiger partial charge in [0.05, 0.1) is 17.4 Å². The fourth-order valence-corrected chi connectivity index (χ4v) is 5.59. The first-order chi connectivity index (χ1) is 13.1. The van der Waals surface area contributed by atoms with Gasteiger partial charge in [0.1, 0.15) is 5.00 Å². The molecule has 0 spiro atoms. The number of rotatable bonds is 4. The summed E-state index contributed by atoms with van der Waals surface area (Å²) in [7, 11) is 0. The van der Waals surface area contributed by atoms with E-state index in [2.05, 4.69) is 26.1 Å². The second-order valence-corrected chi connectivity index (χ2v) is 9.97. The van der Waals surface area contributed by atoms with Crippen LogP contribution in [0.3, 0.4) is 0 Å². The number of nitrogens with one attached hydrogen (secondary N) is 1. The van der Waals surface area contributed by atoms with E-state index in [1.54, 1.807) is 6.08 Å². The number of allylic oxidation sites excluding steroid dienone is 2. The molecule has 0 saturated heterocycles. The molecule has 0 aromatic carbocycles. The number of carbonyl (C=O) groups excluding carboxylic acids is 2. The Labute approximate surface area is 169 Å². The molecule has 2 aliphatic rings. The van der Waals surface area contributed by atoms with Crippen LogP contribution in [0.1, 0.15) is 60.8 Å².